The number of fused-ring (bicyclic) bond motifs is 1. The molecule has 5 nitrogen and oxygen atoms in total. The van der Waals surface area contributed by atoms with Gasteiger partial charge in [-0.15, -0.1) is 0 Å². The van der Waals surface area contributed by atoms with Crippen molar-refractivity contribution < 1.29 is 5.11 Å². The topological polar surface area (TPSA) is 83.5 Å². The van der Waals surface area contributed by atoms with Crippen LogP contribution in [0.25, 0.3) is 0 Å². The van der Waals surface area contributed by atoms with Gasteiger partial charge in [-0.3, -0.25) is 9.98 Å². The molecule has 0 bridgehead atoms. The van der Waals surface area contributed by atoms with Crippen LogP contribution < -0.4 is 11.1 Å². The summed E-state index contributed by atoms with van der Waals surface area (Å²) < 4.78 is 0. The van der Waals surface area contributed by atoms with Crippen LogP contribution in [0.4, 0.5) is 5.69 Å². The molecule has 3 rings (SSSR count). The SMILES string of the molecule is NC(=NCC(CO)Cc1ccccn1)Nc1ccc2c(c1)CCC2. The Morgan fingerprint density at radius 1 is 1.25 bits per heavy atom. The van der Waals surface area contributed by atoms with Gasteiger partial charge in [0.2, 0.25) is 0 Å². The van der Waals surface area contributed by atoms with E-state index in [1.165, 1.54) is 24.0 Å². The zero-order valence-electron chi connectivity index (χ0n) is 13.8. The van der Waals surface area contributed by atoms with Gasteiger partial charge in [-0.05, 0) is 61.1 Å². The van der Waals surface area contributed by atoms with E-state index in [0.29, 0.717) is 18.9 Å². The molecule has 1 unspecified atom stereocenters. The van der Waals surface area contributed by atoms with Crippen LogP contribution in [0.2, 0.25) is 0 Å². The number of aliphatic hydroxyl groups excluding tert-OH is 1. The Labute approximate surface area is 142 Å². The van der Waals surface area contributed by atoms with Crippen LogP contribution >= 0.6 is 0 Å². The number of rotatable bonds is 6. The molecule has 0 radical (unpaired) electrons. The standard InChI is InChI=1S/C19H24N4O/c20-19(23-18-8-7-15-4-3-5-16(15)11-18)22-12-14(13-24)10-17-6-1-2-9-21-17/h1-2,6-9,11,14,24H,3-5,10,12-13H2,(H3,20,22,23). The highest BCUT2D eigenvalue weighted by Gasteiger charge is 2.12. The maximum absolute atomic E-state index is 9.54. The van der Waals surface area contributed by atoms with Crippen LogP contribution in [-0.2, 0) is 19.3 Å². The van der Waals surface area contributed by atoms with E-state index < -0.39 is 0 Å². The Hall–Kier alpha value is -2.40. The van der Waals surface area contributed by atoms with E-state index in [-0.39, 0.29) is 12.5 Å². The number of hydrogen-bond acceptors (Lipinski definition) is 3. The molecule has 2 aromatic rings. The lowest BCUT2D eigenvalue weighted by molar-refractivity contribution is 0.229. The van der Waals surface area contributed by atoms with E-state index in [1.54, 1.807) is 6.20 Å². The monoisotopic (exact) mass is 324 g/mol. The number of aryl methyl sites for hydroxylation is 2. The maximum Gasteiger partial charge on any atom is 0.193 e. The van der Waals surface area contributed by atoms with Gasteiger partial charge in [-0.2, -0.15) is 0 Å². The Bertz CT molecular complexity index is 700. The van der Waals surface area contributed by atoms with Crippen molar-refractivity contribution in [3.63, 3.8) is 0 Å². The van der Waals surface area contributed by atoms with Crippen LogP contribution in [0.15, 0.2) is 47.6 Å². The molecule has 1 aromatic heterocycles. The Morgan fingerprint density at radius 2 is 2.12 bits per heavy atom. The van der Waals surface area contributed by atoms with Crippen LogP contribution in [0.5, 0.6) is 0 Å². The summed E-state index contributed by atoms with van der Waals surface area (Å²) in [5, 5.41) is 12.7. The molecule has 1 aliphatic carbocycles. The third-order valence-corrected chi connectivity index (χ3v) is 4.37. The van der Waals surface area contributed by atoms with E-state index in [4.69, 9.17) is 5.73 Å². The van der Waals surface area contributed by atoms with Gasteiger partial charge in [0.1, 0.15) is 0 Å². The van der Waals surface area contributed by atoms with Gasteiger partial charge in [0.15, 0.2) is 5.96 Å². The predicted molar refractivity (Wildman–Crippen MR) is 97.1 cm³/mol. The molecular weight excluding hydrogens is 300 g/mol. The fourth-order valence-electron chi connectivity index (χ4n) is 3.07. The number of hydrogen-bond donors (Lipinski definition) is 3. The lowest BCUT2D eigenvalue weighted by Gasteiger charge is -2.12. The van der Waals surface area contributed by atoms with Gasteiger partial charge in [0, 0.05) is 36.6 Å². The third kappa shape index (κ3) is 4.32. The first kappa shape index (κ1) is 16.5. The first-order valence-corrected chi connectivity index (χ1v) is 8.44. The number of nitrogens with one attached hydrogen (secondary N) is 1. The molecule has 1 aromatic carbocycles. The third-order valence-electron chi connectivity index (χ3n) is 4.37. The number of aliphatic hydroxyl groups is 1. The maximum atomic E-state index is 9.54. The van der Waals surface area contributed by atoms with Crippen molar-refractivity contribution in [2.75, 3.05) is 18.5 Å². The summed E-state index contributed by atoms with van der Waals surface area (Å²) in [5.74, 6) is 0.396. The molecule has 0 aliphatic heterocycles. The van der Waals surface area contributed by atoms with Crippen molar-refractivity contribution in [1.82, 2.24) is 4.98 Å². The summed E-state index contributed by atoms with van der Waals surface area (Å²) in [6.07, 6.45) is 5.99. The molecule has 24 heavy (non-hydrogen) atoms. The second-order valence-corrected chi connectivity index (χ2v) is 6.26. The first-order chi connectivity index (χ1) is 11.7. The first-order valence-electron chi connectivity index (χ1n) is 8.44. The van der Waals surface area contributed by atoms with Gasteiger partial charge in [0.05, 0.1) is 0 Å². The summed E-state index contributed by atoms with van der Waals surface area (Å²) >= 11 is 0. The van der Waals surface area contributed by atoms with Crippen molar-refractivity contribution in [2.24, 2.45) is 16.6 Å². The van der Waals surface area contributed by atoms with Crippen LogP contribution in [0.3, 0.4) is 0 Å². The molecule has 5 heteroatoms. The zero-order valence-corrected chi connectivity index (χ0v) is 13.8. The molecule has 4 N–H and O–H groups in total. The lowest BCUT2D eigenvalue weighted by atomic mass is 10.0. The van der Waals surface area contributed by atoms with Gasteiger partial charge in [0.25, 0.3) is 0 Å². The number of nitrogens with zero attached hydrogens (tertiary/aromatic N) is 2. The average Bonchev–Trinajstić information content (AvgIpc) is 3.07. The number of aromatic nitrogens is 1. The van der Waals surface area contributed by atoms with Crippen LogP contribution in [0.1, 0.15) is 23.2 Å². The van der Waals surface area contributed by atoms with Crippen LogP contribution in [-0.4, -0.2) is 29.2 Å². The minimum Gasteiger partial charge on any atom is -0.396 e. The number of anilines is 1. The minimum absolute atomic E-state index is 0.0141. The highest BCUT2D eigenvalue weighted by molar-refractivity contribution is 5.92. The molecule has 0 saturated carbocycles. The summed E-state index contributed by atoms with van der Waals surface area (Å²) in [5.41, 5.74) is 10.8. The normalized spacial score (nSPS) is 15.1. The molecular formula is C19H24N4O. The van der Waals surface area contributed by atoms with E-state index in [1.807, 2.05) is 24.3 Å². The fraction of sp³-hybridized carbons (Fsp3) is 0.368. The van der Waals surface area contributed by atoms with Crippen molar-refractivity contribution >= 4 is 11.6 Å². The average molecular weight is 324 g/mol. The van der Waals surface area contributed by atoms with E-state index in [9.17, 15) is 5.11 Å². The largest absolute Gasteiger partial charge is 0.396 e. The quantitative estimate of drug-likeness (QED) is 0.561. The van der Waals surface area contributed by atoms with Crippen LogP contribution in [0, 0.1) is 5.92 Å². The second-order valence-electron chi connectivity index (χ2n) is 6.26. The summed E-state index contributed by atoms with van der Waals surface area (Å²) in [6.45, 7) is 0.531. The summed E-state index contributed by atoms with van der Waals surface area (Å²) in [7, 11) is 0. The minimum atomic E-state index is 0.0141. The molecule has 1 aliphatic rings. The number of pyridine rings is 1. The van der Waals surface area contributed by atoms with Crippen molar-refractivity contribution in [3.8, 4) is 0 Å². The highest BCUT2D eigenvalue weighted by atomic mass is 16.3. The molecule has 0 spiro atoms. The molecule has 0 fully saturated rings. The summed E-state index contributed by atoms with van der Waals surface area (Å²) in [4.78, 5) is 8.66. The number of benzene rings is 1. The number of guanidine groups is 1. The van der Waals surface area contributed by atoms with Gasteiger partial charge in [-0.25, -0.2) is 0 Å². The Morgan fingerprint density at radius 3 is 2.92 bits per heavy atom. The Balaban J connectivity index is 1.56. The number of nitrogens with two attached hydrogens (primary N) is 1. The van der Waals surface area contributed by atoms with E-state index >= 15 is 0 Å². The molecule has 126 valence electrons. The van der Waals surface area contributed by atoms with Crippen molar-refractivity contribution in [1.29, 1.82) is 0 Å². The molecule has 1 atom stereocenters. The second kappa shape index (κ2) is 7.93. The predicted octanol–water partition coefficient (Wildman–Crippen LogP) is 2.15. The van der Waals surface area contributed by atoms with E-state index in [2.05, 4.69) is 27.4 Å². The van der Waals surface area contributed by atoms with Crippen molar-refractivity contribution in [3.05, 3.63) is 59.4 Å². The van der Waals surface area contributed by atoms with Gasteiger partial charge >= 0.3 is 0 Å². The molecule has 0 amide bonds. The van der Waals surface area contributed by atoms with Gasteiger partial charge < -0.3 is 16.2 Å². The zero-order chi connectivity index (χ0) is 16.8. The highest BCUT2D eigenvalue weighted by Crippen LogP contribution is 2.24. The fourth-order valence-corrected chi connectivity index (χ4v) is 3.07. The van der Waals surface area contributed by atoms with Gasteiger partial charge in [-0.1, -0.05) is 12.1 Å². The smallest absolute Gasteiger partial charge is 0.193 e. The Kier molecular flexibility index (Phi) is 5.43. The molecule has 0 saturated heterocycles. The van der Waals surface area contributed by atoms with E-state index in [0.717, 1.165) is 17.8 Å². The molecule has 1 heterocycles. The number of aliphatic imine (C=N–C) groups is 1. The lowest BCUT2D eigenvalue weighted by Crippen LogP contribution is -2.25. The summed E-state index contributed by atoms with van der Waals surface area (Å²) in [6, 6.07) is 12.2. The van der Waals surface area contributed by atoms with Crippen molar-refractivity contribution in [2.45, 2.75) is 25.7 Å².